The third-order valence-corrected chi connectivity index (χ3v) is 5.30. The molecule has 1 aliphatic rings. The molecule has 0 saturated carbocycles. The maximum atomic E-state index is 12.7. The van der Waals surface area contributed by atoms with Crippen molar-refractivity contribution in [2.45, 2.75) is 32.4 Å². The first-order valence-electron chi connectivity index (χ1n) is 8.81. The quantitative estimate of drug-likeness (QED) is 0.822. The second-order valence-electron chi connectivity index (χ2n) is 6.75. The summed E-state index contributed by atoms with van der Waals surface area (Å²) >= 11 is 11.9. The Hall–Kier alpha value is -2.12. The molecule has 0 spiro atoms. The number of amides is 2. The zero-order chi connectivity index (χ0) is 19.4. The highest BCUT2D eigenvalue weighted by Gasteiger charge is 2.29. The van der Waals surface area contributed by atoms with Crippen molar-refractivity contribution in [2.75, 3.05) is 13.1 Å². The Labute approximate surface area is 167 Å². The third-order valence-electron chi connectivity index (χ3n) is 4.56. The Bertz CT molecular complexity index is 812. The molecule has 2 heterocycles. The Morgan fingerprint density at radius 1 is 1.33 bits per heavy atom. The van der Waals surface area contributed by atoms with E-state index in [2.05, 4.69) is 15.4 Å². The molecular weight excluding hydrogens is 389 g/mol. The molecule has 0 radical (unpaired) electrons. The van der Waals surface area contributed by atoms with Crippen molar-refractivity contribution >= 4 is 35.0 Å². The summed E-state index contributed by atoms with van der Waals surface area (Å²) in [4.78, 5) is 30.9. The van der Waals surface area contributed by atoms with Gasteiger partial charge in [0.25, 0.3) is 5.91 Å². The summed E-state index contributed by atoms with van der Waals surface area (Å²) in [6.45, 7) is 3.48. The van der Waals surface area contributed by atoms with Gasteiger partial charge in [-0.3, -0.25) is 14.3 Å². The summed E-state index contributed by atoms with van der Waals surface area (Å²) in [5.41, 5.74) is 0.477. The summed E-state index contributed by atoms with van der Waals surface area (Å²) in [5, 5.41) is 7.79. The van der Waals surface area contributed by atoms with E-state index < -0.39 is 0 Å². The highest BCUT2D eigenvalue weighted by molar-refractivity contribution is 6.42. The van der Waals surface area contributed by atoms with Gasteiger partial charge in [0.05, 0.1) is 22.5 Å². The van der Waals surface area contributed by atoms with E-state index in [1.54, 1.807) is 34.1 Å². The first-order chi connectivity index (χ1) is 12.9. The Morgan fingerprint density at radius 2 is 2.15 bits per heavy atom. The van der Waals surface area contributed by atoms with Gasteiger partial charge in [0, 0.05) is 24.7 Å². The second-order valence-corrected chi connectivity index (χ2v) is 7.56. The molecule has 1 saturated heterocycles. The molecule has 0 aliphatic carbocycles. The molecule has 1 aromatic heterocycles. The number of aromatic nitrogens is 3. The SMILES string of the molecule is CC(Cn1cncn1)NC(=O)C1CCCN(C(=O)c2ccc(Cl)c(Cl)c2)C1. The summed E-state index contributed by atoms with van der Waals surface area (Å²) in [5.74, 6) is -0.417. The molecule has 7 nitrogen and oxygen atoms in total. The minimum absolute atomic E-state index is 0.0470. The molecule has 2 atom stereocenters. The number of nitrogens with one attached hydrogen (secondary N) is 1. The zero-order valence-corrected chi connectivity index (χ0v) is 16.5. The topological polar surface area (TPSA) is 80.1 Å². The van der Waals surface area contributed by atoms with Crippen molar-refractivity contribution in [2.24, 2.45) is 5.92 Å². The molecule has 1 fully saturated rings. The van der Waals surface area contributed by atoms with E-state index >= 15 is 0 Å². The van der Waals surface area contributed by atoms with Crippen LogP contribution in [0, 0.1) is 5.92 Å². The zero-order valence-electron chi connectivity index (χ0n) is 14.9. The average Bonchev–Trinajstić information content (AvgIpc) is 3.16. The lowest BCUT2D eigenvalue weighted by atomic mass is 9.96. The maximum Gasteiger partial charge on any atom is 0.253 e. The number of likely N-dealkylation sites (tertiary alicyclic amines) is 1. The second kappa shape index (κ2) is 8.71. The number of rotatable bonds is 5. The normalized spacial score (nSPS) is 18.2. The van der Waals surface area contributed by atoms with E-state index in [1.807, 2.05) is 6.92 Å². The fraction of sp³-hybridized carbons (Fsp3) is 0.444. The summed E-state index contributed by atoms with van der Waals surface area (Å²) in [7, 11) is 0. The fourth-order valence-corrected chi connectivity index (χ4v) is 3.50. The van der Waals surface area contributed by atoms with Crippen LogP contribution in [0.25, 0.3) is 0 Å². The van der Waals surface area contributed by atoms with Gasteiger partial charge in [-0.25, -0.2) is 4.98 Å². The van der Waals surface area contributed by atoms with Crippen LogP contribution in [0.5, 0.6) is 0 Å². The van der Waals surface area contributed by atoms with Crippen molar-refractivity contribution in [3.8, 4) is 0 Å². The molecular formula is C18H21Cl2N5O2. The molecule has 1 aliphatic heterocycles. The lowest BCUT2D eigenvalue weighted by Crippen LogP contribution is -2.47. The van der Waals surface area contributed by atoms with Gasteiger partial charge in [-0.05, 0) is 38.0 Å². The molecule has 144 valence electrons. The highest BCUT2D eigenvalue weighted by atomic mass is 35.5. The van der Waals surface area contributed by atoms with Gasteiger partial charge in [-0.2, -0.15) is 5.10 Å². The van der Waals surface area contributed by atoms with Crippen LogP contribution in [0.3, 0.4) is 0 Å². The number of nitrogens with zero attached hydrogens (tertiary/aromatic N) is 4. The number of hydrogen-bond donors (Lipinski definition) is 1. The van der Waals surface area contributed by atoms with E-state index in [4.69, 9.17) is 23.2 Å². The minimum atomic E-state index is -0.233. The van der Waals surface area contributed by atoms with Gasteiger partial charge in [0.1, 0.15) is 12.7 Å². The number of carbonyl (C=O) groups is 2. The van der Waals surface area contributed by atoms with Crippen LogP contribution in [0.2, 0.25) is 10.0 Å². The first kappa shape index (κ1) is 19.6. The molecule has 1 aromatic carbocycles. The van der Waals surface area contributed by atoms with E-state index in [9.17, 15) is 9.59 Å². The Morgan fingerprint density at radius 3 is 2.85 bits per heavy atom. The molecule has 3 rings (SSSR count). The molecule has 2 aromatic rings. The smallest absolute Gasteiger partial charge is 0.253 e. The van der Waals surface area contributed by atoms with Crippen LogP contribution in [0.1, 0.15) is 30.1 Å². The van der Waals surface area contributed by atoms with Crippen LogP contribution in [0.4, 0.5) is 0 Å². The van der Waals surface area contributed by atoms with Gasteiger partial charge >= 0.3 is 0 Å². The lowest BCUT2D eigenvalue weighted by Gasteiger charge is -2.32. The van der Waals surface area contributed by atoms with Crippen LogP contribution in [0.15, 0.2) is 30.9 Å². The fourth-order valence-electron chi connectivity index (χ4n) is 3.20. The van der Waals surface area contributed by atoms with Gasteiger partial charge in [-0.1, -0.05) is 23.2 Å². The lowest BCUT2D eigenvalue weighted by molar-refractivity contribution is -0.127. The standard InChI is InChI=1S/C18H21Cl2N5O2/c1-12(8-25-11-21-10-22-25)23-17(26)14-3-2-6-24(9-14)18(27)13-4-5-15(19)16(20)7-13/h4-5,7,10-12,14H,2-3,6,8-9H2,1H3,(H,23,26). The van der Waals surface area contributed by atoms with Crippen molar-refractivity contribution in [3.63, 3.8) is 0 Å². The van der Waals surface area contributed by atoms with Crippen LogP contribution in [-0.2, 0) is 11.3 Å². The monoisotopic (exact) mass is 409 g/mol. The molecule has 9 heteroatoms. The van der Waals surface area contributed by atoms with E-state index in [1.165, 1.54) is 6.33 Å². The average molecular weight is 410 g/mol. The van der Waals surface area contributed by atoms with Crippen LogP contribution < -0.4 is 5.32 Å². The molecule has 2 amide bonds. The Balaban J connectivity index is 1.58. The third kappa shape index (κ3) is 4.99. The molecule has 1 N–H and O–H groups in total. The number of carbonyl (C=O) groups excluding carboxylic acids is 2. The maximum absolute atomic E-state index is 12.7. The van der Waals surface area contributed by atoms with E-state index in [-0.39, 0.29) is 23.8 Å². The predicted molar refractivity (Wildman–Crippen MR) is 103 cm³/mol. The van der Waals surface area contributed by atoms with Gasteiger partial charge in [-0.15, -0.1) is 0 Å². The van der Waals surface area contributed by atoms with Crippen molar-refractivity contribution in [1.29, 1.82) is 0 Å². The van der Waals surface area contributed by atoms with Crippen LogP contribution >= 0.6 is 23.2 Å². The molecule has 2 unspecified atom stereocenters. The number of halogens is 2. The number of hydrogen-bond acceptors (Lipinski definition) is 4. The predicted octanol–water partition coefficient (Wildman–Crippen LogP) is 2.64. The van der Waals surface area contributed by atoms with E-state index in [0.29, 0.717) is 35.2 Å². The van der Waals surface area contributed by atoms with Crippen LogP contribution in [-0.4, -0.2) is 50.6 Å². The van der Waals surface area contributed by atoms with Gasteiger partial charge in [0.2, 0.25) is 5.91 Å². The van der Waals surface area contributed by atoms with Crippen molar-refractivity contribution in [3.05, 3.63) is 46.5 Å². The highest BCUT2D eigenvalue weighted by Crippen LogP contribution is 2.25. The van der Waals surface area contributed by atoms with Gasteiger partial charge in [0.15, 0.2) is 0 Å². The van der Waals surface area contributed by atoms with Crippen molar-refractivity contribution in [1.82, 2.24) is 25.0 Å². The number of benzene rings is 1. The minimum Gasteiger partial charge on any atom is -0.351 e. The summed E-state index contributed by atoms with van der Waals surface area (Å²) < 4.78 is 1.67. The van der Waals surface area contributed by atoms with E-state index in [0.717, 1.165) is 12.8 Å². The molecule has 27 heavy (non-hydrogen) atoms. The number of piperidine rings is 1. The van der Waals surface area contributed by atoms with Gasteiger partial charge < -0.3 is 10.2 Å². The largest absolute Gasteiger partial charge is 0.351 e. The first-order valence-corrected chi connectivity index (χ1v) is 9.56. The van der Waals surface area contributed by atoms with Crippen molar-refractivity contribution < 1.29 is 9.59 Å². The summed E-state index contributed by atoms with van der Waals surface area (Å²) in [6.07, 6.45) is 4.61. The molecule has 0 bridgehead atoms. The Kier molecular flexibility index (Phi) is 6.34. The summed E-state index contributed by atoms with van der Waals surface area (Å²) in [6, 6.07) is 4.74.